The fraction of sp³-hybridized carbons (Fsp3) is 0.143. The summed E-state index contributed by atoms with van der Waals surface area (Å²) in [5, 5.41) is 10.8. The average Bonchev–Trinajstić information content (AvgIpc) is 2.96. The van der Waals surface area contributed by atoms with Crippen LogP contribution in [0.3, 0.4) is 0 Å². The molecule has 0 saturated heterocycles. The predicted molar refractivity (Wildman–Crippen MR) is 85.2 cm³/mol. The Balaban J connectivity index is 2.35. The van der Waals surface area contributed by atoms with E-state index in [1.165, 1.54) is 12.1 Å². The summed E-state index contributed by atoms with van der Waals surface area (Å²) in [6.07, 6.45) is 0.319. The minimum absolute atomic E-state index is 0.0448. The number of hydrogen-bond acceptors (Lipinski definition) is 4. The van der Waals surface area contributed by atoms with Gasteiger partial charge in [-0.15, -0.1) is 11.3 Å². The van der Waals surface area contributed by atoms with E-state index in [9.17, 15) is 8.42 Å². The molecule has 21 heavy (non-hydrogen) atoms. The predicted octanol–water partition coefficient (Wildman–Crippen LogP) is 2.94. The summed E-state index contributed by atoms with van der Waals surface area (Å²) in [7, 11) is -3.65. The number of nitrogens with one attached hydrogen (secondary N) is 1. The number of aliphatic hydroxyl groups is 1. The van der Waals surface area contributed by atoms with E-state index >= 15 is 0 Å². The van der Waals surface area contributed by atoms with Crippen LogP contribution >= 0.6 is 22.9 Å². The third-order valence-corrected chi connectivity index (χ3v) is 5.44. The van der Waals surface area contributed by atoms with Gasteiger partial charge in [-0.05, 0) is 29.6 Å². The number of sulfonamides is 1. The largest absolute Gasteiger partial charge is 0.395 e. The molecule has 0 bridgehead atoms. The van der Waals surface area contributed by atoms with E-state index in [2.05, 4.69) is 16.6 Å². The normalized spacial score (nSPS) is 10.8. The number of hydrogen-bond donors (Lipinski definition) is 2. The molecule has 0 amide bonds. The highest BCUT2D eigenvalue weighted by Crippen LogP contribution is 2.25. The third-order valence-electron chi connectivity index (χ3n) is 2.45. The van der Waals surface area contributed by atoms with Gasteiger partial charge in [0, 0.05) is 17.0 Å². The van der Waals surface area contributed by atoms with Crippen LogP contribution in [-0.4, -0.2) is 20.1 Å². The SMILES string of the molecule is O=S(=O)(Nc1cc(Cl)ccc1C#CCCO)c1cccs1. The molecule has 7 heteroatoms. The zero-order chi connectivity index (χ0) is 15.3. The van der Waals surface area contributed by atoms with Crippen LogP contribution in [0.25, 0.3) is 0 Å². The Morgan fingerprint density at radius 3 is 2.81 bits per heavy atom. The molecule has 2 rings (SSSR count). The Kier molecular flexibility index (Phi) is 5.26. The Labute approximate surface area is 132 Å². The number of benzene rings is 1. The Hall–Kier alpha value is -1.52. The highest BCUT2D eigenvalue weighted by atomic mass is 35.5. The van der Waals surface area contributed by atoms with Crippen LogP contribution in [0.15, 0.2) is 39.9 Å². The molecular weight excluding hydrogens is 330 g/mol. The minimum Gasteiger partial charge on any atom is -0.395 e. The smallest absolute Gasteiger partial charge is 0.271 e. The second kappa shape index (κ2) is 6.96. The number of halogens is 1. The van der Waals surface area contributed by atoms with Crippen LogP contribution < -0.4 is 4.72 Å². The Bertz CT molecular complexity index is 774. The van der Waals surface area contributed by atoms with Crippen molar-refractivity contribution in [1.29, 1.82) is 0 Å². The molecule has 1 aromatic carbocycles. The lowest BCUT2D eigenvalue weighted by Gasteiger charge is -2.09. The van der Waals surface area contributed by atoms with Gasteiger partial charge in [-0.2, -0.15) is 0 Å². The first-order chi connectivity index (χ1) is 10.0. The van der Waals surface area contributed by atoms with Gasteiger partial charge in [-0.1, -0.05) is 29.5 Å². The van der Waals surface area contributed by atoms with E-state index in [0.29, 0.717) is 22.7 Å². The standard InChI is InChI=1S/C14H12ClNO3S2/c15-12-7-6-11(4-1-2-8-17)13(10-12)16-21(18,19)14-5-3-9-20-14/h3,5-7,9-10,16-17H,2,8H2. The summed E-state index contributed by atoms with van der Waals surface area (Å²) in [5.74, 6) is 5.57. The van der Waals surface area contributed by atoms with E-state index in [-0.39, 0.29) is 10.8 Å². The van der Waals surface area contributed by atoms with E-state index in [1.54, 1.807) is 23.6 Å². The maximum Gasteiger partial charge on any atom is 0.271 e. The lowest BCUT2D eigenvalue weighted by Crippen LogP contribution is -2.12. The van der Waals surface area contributed by atoms with Crippen molar-refractivity contribution in [3.8, 4) is 11.8 Å². The molecule has 0 atom stereocenters. The van der Waals surface area contributed by atoms with Crippen molar-refractivity contribution >= 4 is 38.6 Å². The molecular formula is C14H12ClNO3S2. The number of thiophene rings is 1. The zero-order valence-corrected chi connectivity index (χ0v) is 13.2. The van der Waals surface area contributed by atoms with Crippen molar-refractivity contribution in [1.82, 2.24) is 0 Å². The van der Waals surface area contributed by atoms with Crippen molar-refractivity contribution in [2.24, 2.45) is 0 Å². The molecule has 4 nitrogen and oxygen atoms in total. The van der Waals surface area contributed by atoms with E-state index in [0.717, 1.165) is 11.3 Å². The van der Waals surface area contributed by atoms with Gasteiger partial charge in [0.25, 0.3) is 10.0 Å². The molecule has 0 unspecified atom stereocenters. The number of aliphatic hydroxyl groups excluding tert-OH is 1. The first-order valence-corrected chi connectivity index (χ1v) is 8.72. The van der Waals surface area contributed by atoms with Gasteiger partial charge in [-0.25, -0.2) is 8.42 Å². The van der Waals surface area contributed by atoms with Crippen LogP contribution in [-0.2, 0) is 10.0 Å². The molecule has 0 fully saturated rings. The zero-order valence-electron chi connectivity index (χ0n) is 10.8. The van der Waals surface area contributed by atoms with Gasteiger partial charge in [0.05, 0.1) is 12.3 Å². The first-order valence-electron chi connectivity index (χ1n) is 5.98. The monoisotopic (exact) mass is 341 g/mol. The summed E-state index contributed by atoms with van der Waals surface area (Å²) in [6.45, 7) is -0.0448. The molecule has 1 heterocycles. The van der Waals surface area contributed by atoms with Crippen molar-refractivity contribution in [2.75, 3.05) is 11.3 Å². The average molecular weight is 342 g/mol. The van der Waals surface area contributed by atoms with Gasteiger partial charge in [0.15, 0.2) is 0 Å². The van der Waals surface area contributed by atoms with Gasteiger partial charge in [0.2, 0.25) is 0 Å². The Morgan fingerprint density at radius 2 is 2.14 bits per heavy atom. The van der Waals surface area contributed by atoms with Gasteiger partial charge < -0.3 is 5.11 Å². The van der Waals surface area contributed by atoms with Crippen LogP contribution in [0.4, 0.5) is 5.69 Å². The fourth-order valence-corrected chi connectivity index (χ4v) is 3.77. The Morgan fingerprint density at radius 1 is 1.33 bits per heavy atom. The maximum absolute atomic E-state index is 12.2. The second-order valence-corrected chi connectivity index (χ2v) is 7.30. The lowest BCUT2D eigenvalue weighted by atomic mass is 10.2. The fourth-order valence-electron chi connectivity index (χ4n) is 1.53. The van der Waals surface area contributed by atoms with Crippen molar-refractivity contribution in [2.45, 2.75) is 10.6 Å². The van der Waals surface area contributed by atoms with Crippen LogP contribution in [0.5, 0.6) is 0 Å². The molecule has 110 valence electrons. The van der Waals surface area contributed by atoms with Gasteiger partial charge in [-0.3, -0.25) is 4.72 Å². The summed E-state index contributed by atoms with van der Waals surface area (Å²) in [6, 6.07) is 7.97. The van der Waals surface area contributed by atoms with Crippen LogP contribution in [0.1, 0.15) is 12.0 Å². The van der Waals surface area contributed by atoms with E-state index in [4.69, 9.17) is 16.7 Å². The highest BCUT2D eigenvalue weighted by Gasteiger charge is 2.16. The van der Waals surface area contributed by atoms with Gasteiger partial charge in [0.1, 0.15) is 4.21 Å². The topological polar surface area (TPSA) is 66.4 Å². The molecule has 0 aliphatic heterocycles. The molecule has 0 aliphatic rings. The second-order valence-electron chi connectivity index (χ2n) is 4.00. The maximum atomic E-state index is 12.2. The summed E-state index contributed by atoms with van der Waals surface area (Å²) in [5.41, 5.74) is 0.828. The third kappa shape index (κ3) is 4.22. The number of rotatable bonds is 4. The quantitative estimate of drug-likeness (QED) is 0.840. The minimum atomic E-state index is -3.65. The molecule has 1 aromatic heterocycles. The van der Waals surface area contributed by atoms with Gasteiger partial charge >= 0.3 is 0 Å². The van der Waals surface area contributed by atoms with Crippen molar-refractivity contribution < 1.29 is 13.5 Å². The van der Waals surface area contributed by atoms with E-state index in [1.807, 2.05) is 0 Å². The number of anilines is 1. The summed E-state index contributed by atoms with van der Waals surface area (Å²) >= 11 is 7.04. The van der Waals surface area contributed by atoms with Crippen molar-refractivity contribution in [3.63, 3.8) is 0 Å². The summed E-state index contributed by atoms with van der Waals surface area (Å²) < 4.78 is 27.2. The van der Waals surface area contributed by atoms with Crippen LogP contribution in [0, 0.1) is 11.8 Å². The molecule has 0 saturated carbocycles. The molecule has 2 N–H and O–H groups in total. The first kappa shape index (κ1) is 15.9. The summed E-state index contributed by atoms with van der Waals surface area (Å²) in [4.78, 5) is 0. The molecule has 0 radical (unpaired) electrons. The molecule has 2 aromatic rings. The lowest BCUT2D eigenvalue weighted by molar-refractivity contribution is 0.305. The van der Waals surface area contributed by atoms with Crippen LogP contribution in [0.2, 0.25) is 5.02 Å². The molecule has 0 spiro atoms. The van der Waals surface area contributed by atoms with Crippen molar-refractivity contribution in [3.05, 3.63) is 46.3 Å². The molecule has 0 aliphatic carbocycles. The van der Waals surface area contributed by atoms with E-state index < -0.39 is 10.0 Å². The highest BCUT2D eigenvalue weighted by molar-refractivity contribution is 7.94.